The highest BCUT2D eigenvalue weighted by molar-refractivity contribution is 5.98. The Balaban J connectivity index is 1.49. The SMILES string of the molecule is CCCOC(=O)N1CCN(C(=O)c2ccc3cc4c(nc3c2)C[C@H](CN)CC4)[C@@H](C)C1. The lowest BCUT2D eigenvalue weighted by atomic mass is 9.86. The number of fused-ring (bicyclic) bond motifs is 2. The summed E-state index contributed by atoms with van der Waals surface area (Å²) >= 11 is 0. The molecule has 0 radical (unpaired) electrons. The maximum absolute atomic E-state index is 13.2. The summed E-state index contributed by atoms with van der Waals surface area (Å²) in [5.74, 6) is 0.471. The van der Waals surface area contributed by atoms with Gasteiger partial charge in [-0.3, -0.25) is 9.78 Å². The standard InChI is InChI=1S/C24H32N4O3/c1-3-10-31-24(30)27-8-9-28(16(2)15-27)23(29)20-7-6-19-12-18-5-4-17(14-25)11-21(18)26-22(19)13-20/h6-7,12-13,16-17H,3-5,8-11,14-15,25H2,1-2H3/t16-,17+/m0/s1. The average molecular weight is 425 g/mol. The van der Waals surface area contributed by atoms with Crippen molar-refractivity contribution in [2.45, 2.75) is 45.6 Å². The zero-order valence-corrected chi connectivity index (χ0v) is 18.5. The molecule has 31 heavy (non-hydrogen) atoms. The van der Waals surface area contributed by atoms with Gasteiger partial charge in [-0.2, -0.15) is 0 Å². The van der Waals surface area contributed by atoms with E-state index in [9.17, 15) is 9.59 Å². The second-order valence-corrected chi connectivity index (χ2v) is 8.75. The van der Waals surface area contributed by atoms with E-state index in [1.807, 2.05) is 36.9 Å². The number of hydrogen-bond acceptors (Lipinski definition) is 5. The van der Waals surface area contributed by atoms with Gasteiger partial charge in [0.2, 0.25) is 0 Å². The lowest BCUT2D eigenvalue weighted by Crippen LogP contribution is -2.55. The zero-order chi connectivity index (χ0) is 22.0. The van der Waals surface area contributed by atoms with Crippen molar-refractivity contribution in [1.82, 2.24) is 14.8 Å². The molecule has 2 aromatic rings. The van der Waals surface area contributed by atoms with Gasteiger partial charge in [0, 0.05) is 42.3 Å². The first-order valence-corrected chi connectivity index (χ1v) is 11.4. The monoisotopic (exact) mass is 424 g/mol. The van der Waals surface area contributed by atoms with Crippen LogP contribution < -0.4 is 5.73 Å². The molecular weight excluding hydrogens is 392 g/mol. The first kappa shape index (κ1) is 21.6. The lowest BCUT2D eigenvalue weighted by Gasteiger charge is -2.39. The Bertz CT molecular complexity index is 977. The molecule has 7 heteroatoms. The Morgan fingerprint density at radius 1 is 1.26 bits per heavy atom. The van der Waals surface area contributed by atoms with Gasteiger partial charge >= 0.3 is 6.09 Å². The highest BCUT2D eigenvalue weighted by atomic mass is 16.6. The van der Waals surface area contributed by atoms with Crippen LogP contribution in [0.25, 0.3) is 10.9 Å². The van der Waals surface area contributed by atoms with Gasteiger partial charge < -0.3 is 20.3 Å². The summed E-state index contributed by atoms with van der Waals surface area (Å²) in [6.07, 6.45) is 3.54. The topological polar surface area (TPSA) is 88.8 Å². The van der Waals surface area contributed by atoms with Gasteiger partial charge in [-0.1, -0.05) is 13.0 Å². The first-order chi connectivity index (χ1) is 15.0. The molecule has 1 aromatic heterocycles. The van der Waals surface area contributed by atoms with Crippen LogP contribution in [-0.2, 0) is 17.6 Å². The Kier molecular flexibility index (Phi) is 6.41. The Morgan fingerprint density at radius 2 is 2.10 bits per heavy atom. The number of ether oxygens (including phenoxy) is 1. The summed E-state index contributed by atoms with van der Waals surface area (Å²) in [5.41, 5.74) is 9.79. The molecule has 0 unspecified atom stereocenters. The summed E-state index contributed by atoms with van der Waals surface area (Å²) in [6.45, 7) is 6.51. The molecule has 1 aromatic carbocycles. The van der Waals surface area contributed by atoms with E-state index in [0.29, 0.717) is 44.3 Å². The van der Waals surface area contributed by atoms with Gasteiger partial charge in [0.05, 0.1) is 12.1 Å². The van der Waals surface area contributed by atoms with Gasteiger partial charge in [-0.25, -0.2) is 4.79 Å². The van der Waals surface area contributed by atoms with Crippen LogP contribution in [0.2, 0.25) is 0 Å². The number of rotatable bonds is 4. The maximum atomic E-state index is 13.2. The van der Waals surface area contributed by atoms with Gasteiger partial charge in [-0.15, -0.1) is 0 Å². The Morgan fingerprint density at radius 3 is 2.84 bits per heavy atom. The van der Waals surface area contributed by atoms with Crippen LogP contribution in [0.1, 0.15) is 48.3 Å². The third kappa shape index (κ3) is 4.51. The molecule has 7 nitrogen and oxygen atoms in total. The molecule has 166 valence electrons. The summed E-state index contributed by atoms with van der Waals surface area (Å²) in [7, 11) is 0. The van der Waals surface area contributed by atoms with Crippen LogP contribution in [0.5, 0.6) is 0 Å². The quantitative estimate of drug-likeness (QED) is 0.815. The van der Waals surface area contributed by atoms with Crippen molar-refractivity contribution in [1.29, 1.82) is 0 Å². The molecule has 2 amide bonds. The maximum Gasteiger partial charge on any atom is 0.409 e. The lowest BCUT2D eigenvalue weighted by molar-refractivity contribution is 0.0414. The van der Waals surface area contributed by atoms with E-state index in [1.54, 1.807) is 4.90 Å². The van der Waals surface area contributed by atoms with Crippen molar-refractivity contribution < 1.29 is 14.3 Å². The number of carbonyl (C=O) groups excluding carboxylic acids is 2. The third-order valence-corrected chi connectivity index (χ3v) is 6.45. The van der Waals surface area contributed by atoms with Crippen molar-refractivity contribution in [2.24, 2.45) is 11.7 Å². The average Bonchev–Trinajstić information content (AvgIpc) is 2.79. The molecule has 1 fully saturated rings. The smallest absolute Gasteiger partial charge is 0.409 e. The van der Waals surface area contributed by atoms with E-state index >= 15 is 0 Å². The molecule has 2 N–H and O–H groups in total. The molecule has 4 rings (SSSR count). The van der Waals surface area contributed by atoms with Crippen molar-refractivity contribution in [3.8, 4) is 0 Å². The molecule has 0 bridgehead atoms. The number of hydrogen-bond donors (Lipinski definition) is 1. The number of benzene rings is 1. The van der Waals surface area contributed by atoms with Crippen molar-refractivity contribution in [2.75, 3.05) is 32.8 Å². The minimum absolute atomic E-state index is 0.0182. The predicted octanol–water partition coefficient (Wildman–Crippen LogP) is 2.99. The van der Waals surface area contributed by atoms with Crippen molar-refractivity contribution in [3.05, 3.63) is 41.1 Å². The largest absolute Gasteiger partial charge is 0.449 e. The van der Waals surface area contributed by atoms with Crippen LogP contribution in [0, 0.1) is 5.92 Å². The van der Waals surface area contributed by atoms with Crippen molar-refractivity contribution >= 4 is 22.9 Å². The highest BCUT2D eigenvalue weighted by Gasteiger charge is 2.31. The molecule has 1 saturated heterocycles. The Hall–Kier alpha value is -2.67. The van der Waals surface area contributed by atoms with E-state index in [-0.39, 0.29) is 18.0 Å². The molecule has 2 atom stereocenters. The molecule has 1 aliphatic carbocycles. The van der Waals surface area contributed by atoms with E-state index in [0.717, 1.165) is 42.3 Å². The molecule has 0 spiro atoms. The normalized spacial score (nSPS) is 21.1. The number of amides is 2. The van der Waals surface area contributed by atoms with Crippen LogP contribution in [-0.4, -0.2) is 65.6 Å². The number of carbonyl (C=O) groups is 2. The predicted molar refractivity (Wildman–Crippen MR) is 120 cm³/mol. The number of nitrogens with two attached hydrogens (primary N) is 1. The van der Waals surface area contributed by atoms with Crippen LogP contribution >= 0.6 is 0 Å². The van der Waals surface area contributed by atoms with E-state index < -0.39 is 0 Å². The van der Waals surface area contributed by atoms with Crippen LogP contribution in [0.3, 0.4) is 0 Å². The second-order valence-electron chi connectivity index (χ2n) is 8.75. The summed E-state index contributed by atoms with van der Waals surface area (Å²) in [4.78, 5) is 33.8. The molecule has 2 aliphatic rings. The second kappa shape index (κ2) is 9.22. The number of piperazine rings is 1. The number of aryl methyl sites for hydroxylation is 1. The first-order valence-electron chi connectivity index (χ1n) is 11.4. The zero-order valence-electron chi connectivity index (χ0n) is 18.5. The fraction of sp³-hybridized carbons (Fsp3) is 0.542. The summed E-state index contributed by atoms with van der Waals surface area (Å²) in [6, 6.07) is 7.92. The minimum Gasteiger partial charge on any atom is -0.449 e. The van der Waals surface area contributed by atoms with Crippen molar-refractivity contribution in [3.63, 3.8) is 0 Å². The number of aromatic nitrogens is 1. The number of nitrogens with zero attached hydrogens (tertiary/aromatic N) is 3. The summed E-state index contributed by atoms with van der Waals surface area (Å²) < 4.78 is 5.24. The number of pyridine rings is 1. The van der Waals surface area contributed by atoms with Gasteiger partial charge in [0.15, 0.2) is 0 Å². The van der Waals surface area contributed by atoms with Crippen LogP contribution in [0.4, 0.5) is 4.79 Å². The van der Waals surface area contributed by atoms with Crippen LogP contribution in [0.15, 0.2) is 24.3 Å². The molecule has 0 saturated carbocycles. The third-order valence-electron chi connectivity index (χ3n) is 6.45. The van der Waals surface area contributed by atoms with E-state index in [1.165, 1.54) is 5.56 Å². The fourth-order valence-electron chi connectivity index (χ4n) is 4.58. The highest BCUT2D eigenvalue weighted by Crippen LogP contribution is 2.28. The van der Waals surface area contributed by atoms with E-state index in [2.05, 4.69) is 6.07 Å². The minimum atomic E-state index is -0.295. The fourth-order valence-corrected chi connectivity index (χ4v) is 4.58. The molecular formula is C24H32N4O3. The summed E-state index contributed by atoms with van der Waals surface area (Å²) in [5, 5.41) is 1.07. The van der Waals surface area contributed by atoms with Gasteiger partial charge in [-0.05, 0) is 68.8 Å². The molecule has 1 aliphatic heterocycles. The molecule has 2 heterocycles. The van der Waals surface area contributed by atoms with Gasteiger partial charge in [0.25, 0.3) is 5.91 Å². The van der Waals surface area contributed by atoms with E-state index in [4.69, 9.17) is 15.5 Å². The van der Waals surface area contributed by atoms with Gasteiger partial charge in [0.1, 0.15) is 0 Å². The Labute approximate surface area is 183 Å².